The minimum absolute atomic E-state index is 0.118. The minimum atomic E-state index is 0.118. The largest absolute Gasteiger partial charge is 0.372 e. The second-order valence-corrected chi connectivity index (χ2v) is 7.06. The molecule has 2 unspecified atom stereocenters. The zero-order valence-electron chi connectivity index (χ0n) is 15.5. The second kappa shape index (κ2) is 7.40. The highest BCUT2D eigenvalue weighted by Crippen LogP contribution is 2.16. The number of rotatable bonds is 4. The normalized spacial score (nSPS) is 20.7. The molecule has 1 aromatic heterocycles. The van der Waals surface area contributed by atoms with Crippen LogP contribution in [0.2, 0.25) is 0 Å². The van der Waals surface area contributed by atoms with Crippen molar-refractivity contribution in [3.63, 3.8) is 0 Å². The van der Waals surface area contributed by atoms with E-state index in [0.29, 0.717) is 19.5 Å². The molecule has 0 saturated carbocycles. The summed E-state index contributed by atoms with van der Waals surface area (Å²) >= 11 is 0. The first-order chi connectivity index (χ1) is 11.9. The van der Waals surface area contributed by atoms with E-state index in [4.69, 9.17) is 4.74 Å². The SMILES string of the molecule is Cc1cc(C)n(-c2ccc(CCC(=O)N3CC(C)OC(C)C3)cc2)n1. The van der Waals surface area contributed by atoms with Crippen LogP contribution in [0, 0.1) is 13.8 Å². The van der Waals surface area contributed by atoms with Gasteiger partial charge in [-0.1, -0.05) is 12.1 Å². The summed E-state index contributed by atoms with van der Waals surface area (Å²) in [4.78, 5) is 14.4. The molecule has 2 heterocycles. The number of aryl methyl sites for hydroxylation is 3. The van der Waals surface area contributed by atoms with Crippen molar-refractivity contribution in [3.8, 4) is 5.69 Å². The summed E-state index contributed by atoms with van der Waals surface area (Å²) in [6.07, 6.45) is 1.54. The van der Waals surface area contributed by atoms with Gasteiger partial charge in [0, 0.05) is 25.2 Å². The molecule has 1 saturated heterocycles. The molecule has 5 nitrogen and oxygen atoms in total. The number of carbonyl (C=O) groups is 1. The van der Waals surface area contributed by atoms with Gasteiger partial charge in [-0.15, -0.1) is 0 Å². The van der Waals surface area contributed by atoms with Gasteiger partial charge in [0.05, 0.1) is 23.6 Å². The molecule has 134 valence electrons. The monoisotopic (exact) mass is 341 g/mol. The molecule has 1 aromatic carbocycles. The Hall–Kier alpha value is -2.14. The predicted octanol–water partition coefficient (Wildman–Crippen LogP) is 3.06. The van der Waals surface area contributed by atoms with Gasteiger partial charge in [-0.3, -0.25) is 4.79 Å². The molecule has 0 spiro atoms. The molecular weight excluding hydrogens is 314 g/mol. The van der Waals surface area contributed by atoms with E-state index in [2.05, 4.69) is 42.4 Å². The van der Waals surface area contributed by atoms with Crippen molar-refractivity contribution in [1.29, 1.82) is 0 Å². The summed E-state index contributed by atoms with van der Waals surface area (Å²) < 4.78 is 7.64. The van der Waals surface area contributed by atoms with Crippen LogP contribution >= 0.6 is 0 Å². The van der Waals surface area contributed by atoms with Crippen LogP contribution in [-0.2, 0) is 16.0 Å². The highest BCUT2D eigenvalue weighted by Gasteiger charge is 2.25. The third-order valence-electron chi connectivity index (χ3n) is 4.59. The Kier molecular flexibility index (Phi) is 5.23. The fraction of sp³-hybridized carbons (Fsp3) is 0.500. The van der Waals surface area contributed by atoms with Crippen LogP contribution in [0.3, 0.4) is 0 Å². The molecule has 5 heteroatoms. The number of ether oxygens (including phenoxy) is 1. The van der Waals surface area contributed by atoms with Crippen molar-refractivity contribution < 1.29 is 9.53 Å². The number of carbonyl (C=O) groups excluding carboxylic acids is 1. The molecular formula is C20H27N3O2. The van der Waals surface area contributed by atoms with Crippen LogP contribution in [0.4, 0.5) is 0 Å². The highest BCUT2D eigenvalue weighted by atomic mass is 16.5. The maximum Gasteiger partial charge on any atom is 0.223 e. The fourth-order valence-electron chi connectivity index (χ4n) is 3.49. The summed E-state index contributed by atoms with van der Waals surface area (Å²) in [7, 11) is 0. The molecule has 3 rings (SSSR count). The quantitative estimate of drug-likeness (QED) is 0.859. The van der Waals surface area contributed by atoms with Gasteiger partial charge < -0.3 is 9.64 Å². The van der Waals surface area contributed by atoms with E-state index in [-0.39, 0.29) is 18.1 Å². The van der Waals surface area contributed by atoms with Gasteiger partial charge in [0.2, 0.25) is 5.91 Å². The summed E-state index contributed by atoms with van der Waals surface area (Å²) in [6.45, 7) is 9.48. The van der Waals surface area contributed by atoms with Gasteiger partial charge >= 0.3 is 0 Å². The lowest BCUT2D eigenvalue weighted by Crippen LogP contribution is -2.48. The third-order valence-corrected chi connectivity index (χ3v) is 4.59. The first-order valence-electron chi connectivity index (χ1n) is 8.98. The van der Waals surface area contributed by atoms with Crippen LogP contribution in [-0.4, -0.2) is 45.9 Å². The summed E-state index contributed by atoms with van der Waals surface area (Å²) in [5.41, 5.74) is 4.36. The van der Waals surface area contributed by atoms with E-state index in [0.717, 1.165) is 23.5 Å². The standard InChI is InChI=1S/C20H27N3O2/c1-14-11-15(2)23(21-14)19-8-5-18(6-9-19)7-10-20(24)22-12-16(3)25-17(4)13-22/h5-6,8-9,11,16-17H,7,10,12-13H2,1-4H3. The number of hydrogen-bond acceptors (Lipinski definition) is 3. The average molecular weight is 341 g/mol. The molecule has 2 aromatic rings. The molecule has 0 radical (unpaired) electrons. The summed E-state index contributed by atoms with van der Waals surface area (Å²) in [5.74, 6) is 0.213. The Morgan fingerprint density at radius 3 is 2.36 bits per heavy atom. The molecule has 1 fully saturated rings. The van der Waals surface area contributed by atoms with Gasteiger partial charge in [-0.05, 0) is 57.9 Å². The second-order valence-electron chi connectivity index (χ2n) is 7.06. The maximum absolute atomic E-state index is 12.5. The lowest BCUT2D eigenvalue weighted by molar-refractivity contribution is -0.143. The number of hydrogen-bond donors (Lipinski definition) is 0. The molecule has 25 heavy (non-hydrogen) atoms. The Bertz CT molecular complexity index is 726. The summed E-state index contributed by atoms with van der Waals surface area (Å²) in [5, 5.41) is 4.50. The topological polar surface area (TPSA) is 47.4 Å². The number of nitrogens with zero attached hydrogens (tertiary/aromatic N) is 3. The number of aromatic nitrogens is 2. The fourth-order valence-corrected chi connectivity index (χ4v) is 3.49. The Labute approximate surface area is 149 Å². The van der Waals surface area contributed by atoms with Crippen molar-refractivity contribution in [2.24, 2.45) is 0 Å². The van der Waals surface area contributed by atoms with Gasteiger partial charge in [0.15, 0.2) is 0 Å². The predicted molar refractivity (Wildman–Crippen MR) is 97.9 cm³/mol. The minimum Gasteiger partial charge on any atom is -0.372 e. The Balaban J connectivity index is 1.58. The molecule has 0 N–H and O–H groups in total. The Morgan fingerprint density at radius 1 is 1.16 bits per heavy atom. The van der Waals surface area contributed by atoms with Crippen LogP contribution in [0.1, 0.15) is 37.2 Å². The molecule has 0 aliphatic carbocycles. The Morgan fingerprint density at radius 2 is 1.80 bits per heavy atom. The lowest BCUT2D eigenvalue weighted by atomic mass is 10.1. The first-order valence-corrected chi connectivity index (χ1v) is 8.98. The average Bonchev–Trinajstić information content (AvgIpc) is 2.90. The van der Waals surface area contributed by atoms with Gasteiger partial charge in [-0.25, -0.2) is 4.68 Å². The van der Waals surface area contributed by atoms with Crippen molar-refractivity contribution in [1.82, 2.24) is 14.7 Å². The lowest BCUT2D eigenvalue weighted by Gasteiger charge is -2.35. The van der Waals surface area contributed by atoms with Crippen molar-refractivity contribution in [2.45, 2.75) is 52.7 Å². The van der Waals surface area contributed by atoms with Crippen LogP contribution in [0.25, 0.3) is 5.69 Å². The summed E-state index contributed by atoms with van der Waals surface area (Å²) in [6, 6.07) is 10.4. The van der Waals surface area contributed by atoms with Crippen molar-refractivity contribution >= 4 is 5.91 Å². The van der Waals surface area contributed by atoms with E-state index in [1.54, 1.807) is 0 Å². The number of morpholine rings is 1. The molecule has 0 bridgehead atoms. The van der Waals surface area contributed by atoms with Crippen molar-refractivity contribution in [3.05, 3.63) is 47.3 Å². The highest BCUT2D eigenvalue weighted by molar-refractivity contribution is 5.76. The third kappa shape index (κ3) is 4.28. The number of amides is 1. The molecule has 1 aliphatic heterocycles. The zero-order valence-corrected chi connectivity index (χ0v) is 15.5. The number of benzene rings is 1. The van der Waals surface area contributed by atoms with E-state index >= 15 is 0 Å². The smallest absolute Gasteiger partial charge is 0.223 e. The van der Waals surface area contributed by atoms with Crippen LogP contribution in [0.15, 0.2) is 30.3 Å². The zero-order chi connectivity index (χ0) is 18.0. The molecule has 2 atom stereocenters. The van der Waals surface area contributed by atoms with Crippen LogP contribution in [0.5, 0.6) is 0 Å². The van der Waals surface area contributed by atoms with Gasteiger partial charge in [0.25, 0.3) is 0 Å². The van der Waals surface area contributed by atoms with E-state index in [1.807, 2.05) is 30.4 Å². The van der Waals surface area contributed by atoms with Crippen molar-refractivity contribution in [2.75, 3.05) is 13.1 Å². The van der Waals surface area contributed by atoms with E-state index < -0.39 is 0 Å². The molecule has 1 amide bonds. The van der Waals surface area contributed by atoms with E-state index in [9.17, 15) is 4.79 Å². The van der Waals surface area contributed by atoms with Crippen LogP contribution < -0.4 is 0 Å². The van der Waals surface area contributed by atoms with Gasteiger partial charge in [-0.2, -0.15) is 5.10 Å². The van der Waals surface area contributed by atoms with Gasteiger partial charge in [0.1, 0.15) is 0 Å². The first kappa shape index (κ1) is 17.7. The maximum atomic E-state index is 12.5. The van der Waals surface area contributed by atoms with E-state index in [1.165, 1.54) is 5.56 Å². The molecule has 1 aliphatic rings.